The van der Waals surface area contributed by atoms with Crippen LogP contribution >= 0.6 is 0 Å². The van der Waals surface area contributed by atoms with Crippen molar-refractivity contribution in [3.05, 3.63) is 30.5 Å². The van der Waals surface area contributed by atoms with E-state index in [2.05, 4.69) is 41.0 Å². The Bertz CT molecular complexity index is 608. The summed E-state index contributed by atoms with van der Waals surface area (Å²) in [6, 6.07) is 8.75. The molecular weight excluding hydrogens is 248 g/mol. The van der Waals surface area contributed by atoms with Gasteiger partial charge >= 0.3 is 0 Å². The number of pyridine rings is 1. The number of rotatable bonds is 2. The highest BCUT2D eigenvalue weighted by Crippen LogP contribution is 2.29. The van der Waals surface area contributed by atoms with Crippen LogP contribution in [0.15, 0.2) is 30.5 Å². The maximum Gasteiger partial charge on any atom is 0.0743 e. The standard InChI is InChI=1S/C16H22N4/c1-19(2)13-4-3-9-20(11-13)16-7-8-18-15-10-12(17)5-6-14(15)16/h5-8,10,13H,3-4,9,11,17H2,1-2H3. The van der Waals surface area contributed by atoms with Crippen LogP contribution in [0.4, 0.5) is 11.4 Å². The van der Waals surface area contributed by atoms with Crippen LogP contribution in [0.3, 0.4) is 0 Å². The molecule has 0 amide bonds. The van der Waals surface area contributed by atoms with E-state index in [-0.39, 0.29) is 0 Å². The molecule has 20 heavy (non-hydrogen) atoms. The number of nitrogen functional groups attached to an aromatic ring is 1. The van der Waals surface area contributed by atoms with Crippen LogP contribution in [0.5, 0.6) is 0 Å². The van der Waals surface area contributed by atoms with E-state index in [1.165, 1.54) is 23.9 Å². The van der Waals surface area contributed by atoms with Gasteiger partial charge in [0, 0.05) is 42.1 Å². The van der Waals surface area contributed by atoms with Crippen LogP contribution in [0.2, 0.25) is 0 Å². The number of aromatic nitrogens is 1. The zero-order valence-corrected chi connectivity index (χ0v) is 12.2. The molecule has 2 N–H and O–H groups in total. The third-order valence-electron chi connectivity index (χ3n) is 4.21. The first-order valence-electron chi connectivity index (χ1n) is 7.21. The lowest BCUT2D eigenvalue weighted by Gasteiger charge is -2.37. The van der Waals surface area contributed by atoms with Crippen LogP contribution < -0.4 is 10.6 Å². The predicted octanol–water partition coefficient (Wildman–Crippen LogP) is 2.35. The van der Waals surface area contributed by atoms with Crippen molar-refractivity contribution >= 4 is 22.3 Å². The first-order chi connectivity index (χ1) is 9.65. The molecule has 0 bridgehead atoms. The van der Waals surface area contributed by atoms with Crippen LogP contribution in [-0.4, -0.2) is 43.1 Å². The lowest BCUT2D eigenvalue weighted by atomic mass is 10.0. The molecule has 1 unspecified atom stereocenters. The summed E-state index contributed by atoms with van der Waals surface area (Å²) >= 11 is 0. The Morgan fingerprint density at radius 2 is 2.15 bits per heavy atom. The van der Waals surface area contributed by atoms with Gasteiger partial charge in [0.05, 0.1) is 5.52 Å². The van der Waals surface area contributed by atoms with Crippen molar-refractivity contribution in [2.24, 2.45) is 0 Å². The van der Waals surface area contributed by atoms with E-state index in [0.29, 0.717) is 6.04 Å². The molecule has 0 radical (unpaired) electrons. The Labute approximate surface area is 120 Å². The second kappa shape index (κ2) is 5.29. The smallest absolute Gasteiger partial charge is 0.0743 e. The largest absolute Gasteiger partial charge is 0.399 e. The van der Waals surface area contributed by atoms with Gasteiger partial charge in [0.15, 0.2) is 0 Å². The second-order valence-corrected chi connectivity index (χ2v) is 5.81. The molecule has 0 spiro atoms. The van der Waals surface area contributed by atoms with E-state index in [4.69, 9.17) is 5.73 Å². The topological polar surface area (TPSA) is 45.4 Å². The first-order valence-corrected chi connectivity index (χ1v) is 7.21. The minimum Gasteiger partial charge on any atom is -0.399 e. The molecule has 3 rings (SSSR count). The lowest BCUT2D eigenvalue weighted by Crippen LogP contribution is -2.45. The minimum atomic E-state index is 0.626. The van der Waals surface area contributed by atoms with Gasteiger partial charge in [0.25, 0.3) is 0 Å². The zero-order chi connectivity index (χ0) is 14.1. The molecule has 1 fully saturated rings. The number of hydrogen-bond donors (Lipinski definition) is 1. The van der Waals surface area contributed by atoms with Gasteiger partial charge in [-0.3, -0.25) is 4.98 Å². The van der Waals surface area contributed by atoms with Crippen molar-refractivity contribution in [2.45, 2.75) is 18.9 Å². The third kappa shape index (κ3) is 2.43. The number of anilines is 2. The fourth-order valence-corrected chi connectivity index (χ4v) is 3.02. The normalized spacial score (nSPS) is 19.8. The average Bonchev–Trinajstić information content (AvgIpc) is 2.46. The highest BCUT2D eigenvalue weighted by Gasteiger charge is 2.22. The molecule has 4 heteroatoms. The Morgan fingerprint density at radius 1 is 1.30 bits per heavy atom. The maximum atomic E-state index is 5.85. The molecule has 1 atom stereocenters. The molecule has 4 nitrogen and oxygen atoms in total. The Balaban J connectivity index is 1.97. The number of likely N-dealkylation sites (N-methyl/N-ethyl adjacent to an activating group) is 1. The molecule has 1 aliphatic rings. The number of piperidine rings is 1. The Kier molecular flexibility index (Phi) is 3.49. The van der Waals surface area contributed by atoms with Gasteiger partial charge in [0.2, 0.25) is 0 Å². The van der Waals surface area contributed by atoms with E-state index in [1.54, 1.807) is 0 Å². The number of fused-ring (bicyclic) bond motifs is 1. The highest BCUT2D eigenvalue weighted by molar-refractivity contribution is 5.93. The number of nitrogens with two attached hydrogens (primary N) is 1. The SMILES string of the molecule is CN(C)C1CCCN(c2ccnc3cc(N)ccc23)C1. The Morgan fingerprint density at radius 3 is 2.95 bits per heavy atom. The van der Waals surface area contributed by atoms with Crippen molar-refractivity contribution < 1.29 is 0 Å². The average molecular weight is 270 g/mol. The van der Waals surface area contributed by atoms with Gasteiger partial charge in [-0.15, -0.1) is 0 Å². The molecular formula is C16H22N4. The second-order valence-electron chi connectivity index (χ2n) is 5.81. The van der Waals surface area contributed by atoms with Crippen molar-refractivity contribution in [1.82, 2.24) is 9.88 Å². The molecule has 0 saturated carbocycles. The van der Waals surface area contributed by atoms with E-state index >= 15 is 0 Å². The van der Waals surface area contributed by atoms with Crippen LogP contribution in [0.25, 0.3) is 10.9 Å². The minimum absolute atomic E-state index is 0.626. The van der Waals surface area contributed by atoms with Crippen LogP contribution in [-0.2, 0) is 0 Å². The van der Waals surface area contributed by atoms with Gasteiger partial charge in [-0.25, -0.2) is 0 Å². The van der Waals surface area contributed by atoms with Crippen molar-refractivity contribution in [3.8, 4) is 0 Å². The predicted molar refractivity (Wildman–Crippen MR) is 85.1 cm³/mol. The number of nitrogens with zero attached hydrogens (tertiary/aromatic N) is 3. The summed E-state index contributed by atoms with van der Waals surface area (Å²) < 4.78 is 0. The Hall–Kier alpha value is -1.81. The number of benzene rings is 1. The molecule has 2 heterocycles. The molecule has 0 aliphatic carbocycles. The van der Waals surface area contributed by atoms with Gasteiger partial charge in [-0.05, 0) is 51.2 Å². The van der Waals surface area contributed by atoms with Gasteiger partial charge in [-0.1, -0.05) is 0 Å². The lowest BCUT2D eigenvalue weighted by molar-refractivity contribution is 0.258. The molecule has 106 valence electrons. The monoisotopic (exact) mass is 270 g/mol. The first kappa shape index (κ1) is 13.2. The van der Waals surface area contributed by atoms with Gasteiger partial charge in [0.1, 0.15) is 0 Å². The van der Waals surface area contributed by atoms with Crippen molar-refractivity contribution in [1.29, 1.82) is 0 Å². The van der Waals surface area contributed by atoms with E-state index < -0.39 is 0 Å². The van der Waals surface area contributed by atoms with Crippen LogP contribution in [0.1, 0.15) is 12.8 Å². The molecule has 1 aromatic carbocycles. The molecule has 1 aromatic heterocycles. The summed E-state index contributed by atoms with van der Waals surface area (Å²) in [4.78, 5) is 9.24. The maximum absolute atomic E-state index is 5.85. The van der Waals surface area contributed by atoms with E-state index in [1.807, 2.05) is 18.3 Å². The third-order valence-corrected chi connectivity index (χ3v) is 4.21. The van der Waals surface area contributed by atoms with E-state index in [9.17, 15) is 0 Å². The summed E-state index contributed by atoms with van der Waals surface area (Å²) in [5, 5.41) is 1.20. The van der Waals surface area contributed by atoms with Gasteiger partial charge < -0.3 is 15.5 Å². The van der Waals surface area contributed by atoms with E-state index in [0.717, 1.165) is 24.3 Å². The zero-order valence-electron chi connectivity index (χ0n) is 12.2. The summed E-state index contributed by atoms with van der Waals surface area (Å²) in [6.07, 6.45) is 4.40. The fraction of sp³-hybridized carbons (Fsp3) is 0.438. The quantitative estimate of drug-likeness (QED) is 0.851. The summed E-state index contributed by atoms with van der Waals surface area (Å²) in [5.41, 5.74) is 8.88. The molecule has 2 aromatic rings. The molecule has 1 saturated heterocycles. The van der Waals surface area contributed by atoms with Crippen LogP contribution in [0, 0.1) is 0 Å². The summed E-state index contributed by atoms with van der Waals surface area (Å²) in [6.45, 7) is 2.20. The summed E-state index contributed by atoms with van der Waals surface area (Å²) in [5.74, 6) is 0. The number of hydrogen-bond acceptors (Lipinski definition) is 4. The van der Waals surface area contributed by atoms with Gasteiger partial charge in [-0.2, -0.15) is 0 Å². The molecule has 1 aliphatic heterocycles. The highest BCUT2D eigenvalue weighted by atomic mass is 15.2. The van der Waals surface area contributed by atoms with Crippen molar-refractivity contribution in [3.63, 3.8) is 0 Å². The summed E-state index contributed by atoms with van der Waals surface area (Å²) in [7, 11) is 4.33. The fourth-order valence-electron chi connectivity index (χ4n) is 3.02. The van der Waals surface area contributed by atoms with Crippen molar-refractivity contribution in [2.75, 3.05) is 37.8 Å².